The number of nitrogens with zero attached hydrogens (tertiary/aromatic N) is 2. The fourth-order valence-electron chi connectivity index (χ4n) is 4.18. The average Bonchev–Trinajstić information content (AvgIpc) is 3.13. The normalized spacial score (nSPS) is 33.6. The molecule has 2 N–H and O–H groups in total. The van der Waals surface area contributed by atoms with Crippen molar-refractivity contribution in [1.29, 1.82) is 0 Å². The van der Waals surface area contributed by atoms with Crippen molar-refractivity contribution in [2.75, 3.05) is 32.4 Å². The Morgan fingerprint density at radius 1 is 1.26 bits per heavy atom. The lowest BCUT2D eigenvalue weighted by Gasteiger charge is -2.23. The Hall–Kier alpha value is -0.860. The second kappa shape index (κ2) is 6.57. The second-order valence-corrected chi connectivity index (χ2v) is 8.96. The summed E-state index contributed by atoms with van der Waals surface area (Å²) in [5, 5.41) is 3.20. The lowest BCUT2D eigenvalue weighted by atomic mass is 9.82. The molecule has 3 saturated heterocycles. The zero-order valence-corrected chi connectivity index (χ0v) is 15.0. The van der Waals surface area contributed by atoms with E-state index in [1.54, 1.807) is 7.05 Å². The molecule has 7 nitrogen and oxygen atoms in total. The van der Waals surface area contributed by atoms with Crippen molar-refractivity contribution in [2.24, 2.45) is 16.8 Å². The number of hydrogen-bond acceptors (Lipinski definition) is 4. The molecule has 0 amide bonds. The maximum Gasteiger partial charge on any atom is 0.213 e. The molecule has 132 valence electrons. The predicted octanol–water partition coefficient (Wildman–Crippen LogP) is -0.00120. The number of aliphatic imine (C=N–C) groups is 1. The molecular formula is C15H28N4O3S. The van der Waals surface area contributed by atoms with E-state index in [0.29, 0.717) is 30.6 Å². The van der Waals surface area contributed by atoms with Gasteiger partial charge in [0.25, 0.3) is 0 Å². The Labute approximate surface area is 138 Å². The first-order valence-corrected chi connectivity index (χ1v) is 10.2. The summed E-state index contributed by atoms with van der Waals surface area (Å²) in [5.74, 6) is 2.08. The van der Waals surface area contributed by atoms with Crippen molar-refractivity contribution in [1.82, 2.24) is 14.9 Å². The molecule has 0 aromatic carbocycles. The SMILES string of the molecule is CN=C(NCCS(=O)(=O)NC(C)C)N1CC2C3CCC(O3)C2C1. The molecule has 3 aliphatic heterocycles. The van der Waals surface area contributed by atoms with Gasteiger partial charge >= 0.3 is 0 Å². The summed E-state index contributed by atoms with van der Waals surface area (Å²) in [6.45, 7) is 5.93. The van der Waals surface area contributed by atoms with Crippen LogP contribution in [-0.2, 0) is 14.8 Å². The van der Waals surface area contributed by atoms with E-state index in [1.807, 2.05) is 13.8 Å². The molecule has 0 aromatic rings. The molecule has 3 fully saturated rings. The van der Waals surface area contributed by atoms with Gasteiger partial charge in [-0.05, 0) is 26.7 Å². The molecule has 3 aliphatic rings. The van der Waals surface area contributed by atoms with Crippen LogP contribution < -0.4 is 10.0 Å². The Morgan fingerprint density at radius 2 is 1.87 bits per heavy atom. The number of ether oxygens (including phenoxy) is 1. The monoisotopic (exact) mass is 344 g/mol. The molecule has 3 rings (SSSR count). The van der Waals surface area contributed by atoms with E-state index in [9.17, 15) is 8.42 Å². The van der Waals surface area contributed by atoms with Gasteiger partial charge in [0.2, 0.25) is 10.0 Å². The smallest absolute Gasteiger partial charge is 0.213 e. The van der Waals surface area contributed by atoms with Crippen LogP contribution in [0.3, 0.4) is 0 Å². The quantitative estimate of drug-likeness (QED) is 0.542. The van der Waals surface area contributed by atoms with Crippen LogP contribution in [0.25, 0.3) is 0 Å². The third kappa shape index (κ3) is 3.64. The van der Waals surface area contributed by atoms with Crippen LogP contribution in [0.1, 0.15) is 26.7 Å². The topological polar surface area (TPSA) is 83.0 Å². The van der Waals surface area contributed by atoms with Crippen LogP contribution in [0, 0.1) is 11.8 Å². The highest BCUT2D eigenvalue weighted by molar-refractivity contribution is 7.89. The summed E-state index contributed by atoms with van der Waals surface area (Å²) < 4.78 is 32.3. The van der Waals surface area contributed by atoms with Crippen molar-refractivity contribution < 1.29 is 13.2 Å². The number of fused-ring (bicyclic) bond motifs is 5. The van der Waals surface area contributed by atoms with Crippen molar-refractivity contribution in [3.05, 3.63) is 0 Å². The largest absolute Gasteiger partial charge is 0.374 e. The van der Waals surface area contributed by atoms with Crippen molar-refractivity contribution in [3.63, 3.8) is 0 Å². The maximum atomic E-state index is 11.9. The molecule has 4 atom stereocenters. The molecule has 8 heteroatoms. The highest BCUT2D eigenvalue weighted by Gasteiger charge is 2.53. The van der Waals surface area contributed by atoms with Crippen LogP contribution in [0.2, 0.25) is 0 Å². The van der Waals surface area contributed by atoms with Crippen molar-refractivity contribution >= 4 is 16.0 Å². The zero-order valence-electron chi connectivity index (χ0n) is 14.2. The molecule has 23 heavy (non-hydrogen) atoms. The number of hydrogen-bond donors (Lipinski definition) is 2. The Balaban J connectivity index is 1.50. The Bertz CT molecular complexity index is 545. The van der Waals surface area contributed by atoms with Crippen LogP contribution in [0.4, 0.5) is 0 Å². The standard InChI is InChI=1S/C15H28N4O3S/c1-10(2)18-23(20,21)7-6-17-15(16-3)19-8-11-12(9-19)14-5-4-13(11)22-14/h10-14,18H,4-9H2,1-3H3,(H,16,17). The highest BCUT2D eigenvalue weighted by atomic mass is 32.2. The van der Waals surface area contributed by atoms with Gasteiger partial charge in [0.05, 0.1) is 18.0 Å². The van der Waals surface area contributed by atoms with Gasteiger partial charge in [0.15, 0.2) is 5.96 Å². The van der Waals surface area contributed by atoms with Crippen LogP contribution >= 0.6 is 0 Å². The lowest BCUT2D eigenvalue weighted by Crippen LogP contribution is -2.44. The molecule has 2 bridgehead atoms. The first-order valence-electron chi connectivity index (χ1n) is 8.50. The summed E-state index contributed by atoms with van der Waals surface area (Å²) in [6, 6.07) is -0.0762. The van der Waals surface area contributed by atoms with Crippen molar-refractivity contribution in [3.8, 4) is 0 Å². The van der Waals surface area contributed by atoms with Gasteiger partial charge in [-0.1, -0.05) is 0 Å². The molecule has 0 aromatic heterocycles. The van der Waals surface area contributed by atoms with E-state index in [-0.39, 0.29) is 11.8 Å². The summed E-state index contributed by atoms with van der Waals surface area (Å²) in [7, 11) is -1.48. The minimum atomic E-state index is -3.24. The summed E-state index contributed by atoms with van der Waals surface area (Å²) in [6.07, 6.45) is 3.21. The summed E-state index contributed by atoms with van der Waals surface area (Å²) >= 11 is 0. The van der Waals surface area contributed by atoms with Crippen molar-refractivity contribution in [2.45, 2.75) is 44.9 Å². The average molecular weight is 344 g/mol. The van der Waals surface area contributed by atoms with Gasteiger partial charge in [-0.25, -0.2) is 13.1 Å². The fraction of sp³-hybridized carbons (Fsp3) is 0.933. The molecule has 0 saturated carbocycles. The number of likely N-dealkylation sites (tertiary alicyclic amines) is 1. The number of sulfonamides is 1. The molecule has 0 radical (unpaired) electrons. The first-order chi connectivity index (χ1) is 10.9. The fourth-order valence-corrected chi connectivity index (χ4v) is 5.39. The van der Waals surface area contributed by atoms with Crippen LogP contribution in [-0.4, -0.2) is 70.0 Å². The number of rotatable bonds is 5. The lowest BCUT2D eigenvalue weighted by molar-refractivity contribution is 0.0767. The van der Waals surface area contributed by atoms with Gasteiger partial charge in [-0.15, -0.1) is 0 Å². The molecule has 0 spiro atoms. The third-order valence-electron chi connectivity index (χ3n) is 5.03. The number of nitrogens with one attached hydrogen (secondary N) is 2. The van der Waals surface area contributed by atoms with E-state index < -0.39 is 10.0 Å². The maximum absolute atomic E-state index is 11.9. The predicted molar refractivity (Wildman–Crippen MR) is 89.9 cm³/mol. The highest BCUT2D eigenvalue weighted by Crippen LogP contribution is 2.47. The molecule has 4 unspecified atom stereocenters. The molecule has 0 aliphatic carbocycles. The van der Waals surface area contributed by atoms with Gasteiger partial charge in [-0.3, -0.25) is 4.99 Å². The molecule has 3 heterocycles. The van der Waals surface area contributed by atoms with Gasteiger partial charge in [0, 0.05) is 44.6 Å². The van der Waals surface area contributed by atoms with E-state index >= 15 is 0 Å². The minimum absolute atomic E-state index is 0.0548. The number of guanidine groups is 1. The van der Waals surface area contributed by atoms with E-state index in [2.05, 4.69) is 19.9 Å². The van der Waals surface area contributed by atoms with E-state index in [4.69, 9.17) is 4.74 Å². The zero-order chi connectivity index (χ0) is 16.6. The van der Waals surface area contributed by atoms with Gasteiger partial charge in [-0.2, -0.15) is 0 Å². The Kier molecular flexibility index (Phi) is 4.85. The molecular weight excluding hydrogens is 316 g/mol. The van der Waals surface area contributed by atoms with E-state index in [1.165, 1.54) is 12.8 Å². The van der Waals surface area contributed by atoms with Crippen LogP contribution in [0.15, 0.2) is 4.99 Å². The van der Waals surface area contributed by atoms with Gasteiger partial charge in [0.1, 0.15) is 0 Å². The first kappa shape index (κ1) is 17.0. The van der Waals surface area contributed by atoms with E-state index in [0.717, 1.165) is 19.0 Å². The summed E-state index contributed by atoms with van der Waals surface area (Å²) in [4.78, 5) is 6.58. The minimum Gasteiger partial charge on any atom is -0.374 e. The summed E-state index contributed by atoms with van der Waals surface area (Å²) in [5.41, 5.74) is 0. The van der Waals surface area contributed by atoms with Gasteiger partial charge < -0.3 is 15.0 Å². The Morgan fingerprint density at radius 3 is 2.39 bits per heavy atom. The van der Waals surface area contributed by atoms with Crippen LogP contribution in [0.5, 0.6) is 0 Å². The second-order valence-electron chi connectivity index (χ2n) is 7.09. The third-order valence-corrected chi connectivity index (χ3v) is 6.61.